The second-order valence-corrected chi connectivity index (χ2v) is 13.5. The summed E-state index contributed by atoms with van der Waals surface area (Å²) in [6.45, 7) is 4.78. The number of aliphatic hydroxyl groups excluding tert-OH is 2. The van der Waals surface area contributed by atoms with Crippen LogP contribution in [0.1, 0.15) is 42.4 Å². The van der Waals surface area contributed by atoms with Crippen molar-refractivity contribution >= 4 is 44.9 Å². The third-order valence-corrected chi connectivity index (χ3v) is 9.34. The predicted molar refractivity (Wildman–Crippen MR) is 174 cm³/mol. The molecule has 1 aliphatic rings. The van der Waals surface area contributed by atoms with E-state index in [1.807, 2.05) is 25.2 Å². The summed E-state index contributed by atoms with van der Waals surface area (Å²) >= 11 is 12.7. The Kier molecular flexibility index (Phi) is 15.8. The SMILES string of the molecule is CCCC(=O)C(O)C(O)C(=O)NCCOCCOCCOCCNS(=O)(=O)c1ccc(C2CN(C)Cc3c(Cl)cc(Cl)cc32)cc1. The molecule has 3 rings (SSSR count). The van der Waals surface area contributed by atoms with E-state index in [4.69, 9.17) is 37.4 Å². The number of likely N-dealkylation sites (N-methyl/N-ethyl adjacent to an activating group) is 1. The summed E-state index contributed by atoms with van der Waals surface area (Å²) in [6.07, 6.45) is -2.98. The van der Waals surface area contributed by atoms with Gasteiger partial charge in [0.2, 0.25) is 10.0 Å². The summed E-state index contributed by atoms with van der Waals surface area (Å²) in [7, 11) is -1.71. The predicted octanol–water partition coefficient (Wildman–Crippen LogP) is 2.11. The summed E-state index contributed by atoms with van der Waals surface area (Å²) in [6, 6.07) is 10.5. The van der Waals surface area contributed by atoms with E-state index >= 15 is 0 Å². The second-order valence-electron chi connectivity index (χ2n) is 10.9. The van der Waals surface area contributed by atoms with Gasteiger partial charge >= 0.3 is 0 Å². The van der Waals surface area contributed by atoms with Crippen molar-refractivity contribution in [3.8, 4) is 0 Å². The summed E-state index contributed by atoms with van der Waals surface area (Å²) in [4.78, 5) is 25.7. The number of aliphatic hydroxyl groups is 2. The number of benzene rings is 2. The van der Waals surface area contributed by atoms with Crippen LogP contribution in [0.3, 0.4) is 0 Å². The minimum atomic E-state index is -3.72. The molecule has 0 bridgehead atoms. The molecule has 2 aromatic rings. The van der Waals surface area contributed by atoms with Gasteiger partial charge < -0.3 is 34.6 Å². The van der Waals surface area contributed by atoms with Crippen molar-refractivity contribution in [2.75, 3.05) is 66.3 Å². The number of nitrogens with zero attached hydrogens (tertiary/aromatic N) is 1. The van der Waals surface area contributed by atoms with E-state index < -0.39 is 33.9 Å². The van der Waals surface area contributed by atoms with Gasteiger partial charge in [0.05, 0.1) is 44.5 Å². The molecule has 0 spiro atoms. The molecule has 1 amide bonds. The average Bonchev–Trinajstić information content (AvgIpc) is 3.02. The monoisotopic (exact) mass is 703 g/mol. The van der Waals surface area contributed by atoms with Crippen LogP contribution in [0.2, 0.25) is 10.0 Å². The lowest BCUT2D eigenvalue weighted by Crippen LogP contribution is -2.46. The number of ketones is 1. The zero-order valence-electron chi connectivity index (χ0n) is 26.0. The Balaban J connectivity index is 1.27. The number of rotatable bonds is 20. The molecule has 0 fully saturated rings. The van der Waals surface area contributed by atoms with Gasteiger partial charge in [0.15, 0.2) is 11.9 Å². The third kappa shape index (κ3) is 11.5. The highest BCUT2D eigenvalue weighted by Gasteiger charge is 2.29. The van der Waals surface area contributed by atoms with Crippen molar-refractivity contribution in [1.82, 2.24) is 14.9 Å². The molecule has 1 aliphatic heterocycles. The fourth-order valence-corrected chi connectivity index (χ4v) is 6.53. The maximum absolute atomic E-state index is 12.8. The van der Waals surface area contributed by atoms with Crippen molar-refractivity contribution < 1.29 is 42.4 Å². The molecule has 4 N–H and O–H groups in total. The minimum Gasteiger partial charge on any atom is -0.382 e. The molecule has 0 radical (unpaired) electrons. The van der Waals surface area contributed by atoms with Gasteiger partial charge in [0, 0.05) is 48.6 Å². The lowest BCUT2D eigenvalue weighted by atomic mass is 9.85. The molecule has 12 nitrogen and oxygen atoms in total. The van der Waals surface area contributed by atoms with Crippen LogP contribution < -0.4 is 10.0 Å². The molecule has 0 aromatic heterocycles. The Morgan fingerprint density at radius 1 is 0.957 bits per heavy atom. The zero-order valence-corrected chi connectivity index (χ0v) is 28.4. The zero-order chi connectivity index (χ0) is 33.7. The number of carbonyl (C=O) groups excluding carboxylic acids is 2. The number of hydrogen-bond donors (Lipinski definition) is 4. The molecule has 256 valence electrons. The van der Waals surface area contributed by atoms with Gasteiger partial charge in [0.25, 0.3) is 5.91 Å². The number of hydrogen-bond acceptors (Lipinski definition) is 10. The molecule has 2 aromatic carbocycles. The first-order valence-corrected chi connectivity index (χ1v) is 17.3. The number of Topliss-reactive ketones (excluding diaryl/α,β-unsaturated/α-hetero) is 1. The highest BCUT2D eigenvalue weighted by molar-refractivity contribution is 7.89. The molecule has 1 heterocycles. The van der Waals surface area contributed by atoms with Crippen molar-refractivity contribution in [3.63, 3.8) is 0 Å². The summed E-state index contributed by atoms with van der Waals surface area (Å²) in [5.41, 5.74) is 3.05. The van der Waals surface area contributed by atoms with Crippen molar-refractivity contribution in [3.05, 3.63) is 63.1 Å². The minimum absolute atomic E-state index is 0.00862. The number of nitrogens with one attached hydrogen (secondary N) is 2. The fourth-order valence-electron chi connectivity index (χ4n) is 4.95. The molecule has 0 saturated carbocycles. The number of halogens is 2. The van der Waals surface area contributed by atoms with Crippen LogP contribution >= 0.6 is 23.2 Å². The van der Waals surface area contributed by atoms with Gasteiger partial charge in [-0.1, -0.05) is 42.3 Å². The Morgan fingerprint density at radius 2 is 1.57 bits per heavy atom. The maximum atomic E-state index is 12.8. The molecule has 15 heteroatoms. The molecular formula is C31H43Cl2N3O9S. The fraction of sp³-hybridized carbons (Fsp3) is 0.548. The van der Waals surface area contributed by atoms with Gasteiger partial charge in [-0.2, -0.15) is 0 Å². The molecule has 46 heavy (non-hydrogen) atoms. The van der Waals surface area contributed by atoms with Crippen LogP contribution in [0.5, 0.6) is 0 Å². The summed E-state index contributed by atoms with van der Waals surface area (Å²) in [5, 5.41) is 23.0. The largest absolute Gasteiger partial charge is 0.382 e. The second kappa shape index (κ2) is 19.0. The molecule has 0 saturated heterocycles. The van der Waals surface area contributed by atoms with Gasteiger partial charge in [-0.3, -0.25) is 9.59 Å². The number of amides is 1. The van der Waals surface area contributed by atoms with Crippen LogP contribution in [0.4, 0.5) is 0 Å². The van der Waals surface area contributed by atoms with Gasteiger partial charge in [0.1, 0.15) is 6.10 Å². The highest BCUT2D eigenvalue weighted by Crippen LogP contribution is 2.38. The third-order valence-electron chi connectivity index (χ3n) is 7.31. The maximum Gasteiger partial charge on any atom is 0.252 e. The first kappa shape index (κ1) is 38.3. The molecule has 0 aliphatic carbocycles. The topological polar surface area (TPSA) is 164 Å². The number of fused-ring (bicyclic) bond motifs is 1. The van der Waals surface area contributed by atoms with E-state index in [2.05, 4.69) is 14.9 Å². The number of carbonyl (C=O) groups is 2. The molecule has 3 unspecified atom stereocenters. The standard InChI is InChI=1S/C31H43Cl2N3O9S/c1-3-4-28(37)29(38)30(39)31(40)34-9-11-43-13-15-45-16-14-44-12-10-35-46(41,42)23-7-5-21(6-8-23)25-19-36(2)20-26-24(25)17-22(32)18-27(26)33/h5-8,17-18,25,29-30,35,38-39H,3-4,9-16,19-20H2,1-2H3,(H,34,40). The lowest BCUT2D eigenvalue weighted by molar-refractivity contribution is -0.145. The molecular weight excluding hydrogens is 661 g/mol. The van der Waals surface area contributed by atoms with Gasteiger partial charge in [-0.25, -0.2) is 13.1 Å². The van der Waals surface area contributed by atoms with E-state index in [9.17, 15) is 28.2 Å². The summed E-state index contributed by atoms with van der Waals surface area (Å²) < 4.78 is 44.3. The van der Waals surface area contributed by atoms with E-state index in [0.29, 0.717) is 16.5 Å². The highest BCUT2D eigenvalue weighted by atomic mass is 35.5. The number of ether oxygens (including phenoxy) is 3. The molecule has 3 atom stereocenters. The van der Waals surface area contributed by atoms with Crippen LogP contribution in [0, 0.1) is 0 Å². The lowest BCUT2D eigenvalue weighted by Gasteiger charge is -2.33. The van der Waals surface area contributed by atoms with Crippen LogP contribution in [-0.4, -0.2) is 114 Å². The Bertz CT molecular complexity index is 1400. The van der Waals surface area contributed by atoms with E-state index in [0.717, 1.165) is 29.8 Å². The smallest absolute Gasteiger partial charge is 0.252 e. The Hall–Kier alpha value is -2.17. The summed E-state index contributed by atoms with van der Waals surface area (Å²) in [5.74, 6) is -1.42. The van der Waals surface area contributed by atoms with Crippen LogP contribution in [0.25, 0.3) is 0 Å². The van der Waals surface area contributed by atoms with Crippen molar-refractivity contribution in [1.29, 1.82) is 0 Å². The first-order valence-electron chi connectivity index (χ1n) is 15.1. The van der Waals surface area contributed by atoms with Crippen LogP contribution in [0.15, 0.2) is 41.3 Å². The normalized spacial score (nSPS) is 16.5. The Morgan fingerprint density at radius 3 is 2.20 bits per heavy atom. The van der Waals surface area contributed by atoms with E-state index in [1.165, 1.54) is 0 Å². The number of sulfonamides is 1. The van der Waals surface area contributed by atoms with Gasteiger partial charge in [-0.15, -0.1) is 0 Å². The van der Waals surface area contributed by atoms with Crippen molar-refractivity contribution in [2.45, 2.75) is 49.3 Å². The first-order chi connectivity index (χ1) is 21.9. The van der Waals surface area contributed by atoms with E-state index in [-0.39, 0.29) is 70.0 Å². The van der Waals surface area contributed by atoms with Crippen LogP contribution in [-0.2, 0) is 40.4 Å². The quantitative estimate of drug-likeness (QED) is 0.150. The average molecular weight is 705 g/mol. The van der Waals surface area contributed by atoms with E-state index in [1.54, 1.807) is 25.1 Å². The van der Waals surface area contributed by atoms with Crippen molar-refractivity contribution in [2.24, 2.45) is 0 Å². The Labute approximate surface area is 280 Å². The van der Waals surface area contributed by atoms with Gasteiger partial charge in [-0.05, 0) is 54.4 Å².